The largest absolute Gasteiger partial charge is 0.352 e. The number of hydrogen-bond donors (Lipinski definition) is 1. The highest BCUT2D eigenvalue weighted by atomic mass is 16.1. The molecule has 1 N–H and O–H groups in total. The maximum atomic E-state index is 13.2. The first kappa shape index (κ1) is 23.3. The molecular formula is C28H33N5O2. The SMILES string of the molecule is C[C@@H](CCNC(=O)c1cccc(Cn2c(=O)c3cccn3c3cccnc32)c1)N1CCCCCC1. The molecule has 3 aromatic heterocycles. The van der Waals surface area contributed by atoms with Gasteiger partial charge in [0, 0.05) is 30.5 Å². The average molecular weight is 472 g/mol. The summed E-state index contributed by atoms with van der Waals surface area (Å²) in [7, 11) is 0. The van der Waals surface area contributed by atoms with E-state index in [1.54, 1.807) is 10.8 Å². The molecule has 0 unspecified atom stereocenters. The minimum absolute atomic E-state index is 0.0766. The highest BCUT2D eigenvalue weighted by Gasteiger charge is 2.16. The molecule has 4 heterocycles. The Morgan fingerprint density at radius 2 is 1.83 bits per heavy atom. The summed E-state index contributed by atoms with van der Waals surface area (Å²) in [6.45, 7) is 5.58. The molecule has 1 aliphatic heterocycles. The standard InChI is InChI=1S/C28H33N5O2/c1-21(31-16-4-2-3-5-17-31)13-15-30-27(34)23-10-6-9-22(19-23)20-33-26-24(11-7-14-29-26)32-18-8-12-25(32)28(33)35/h6-12,14,18-19,21H,2-5,13,15-17,20H2,1H3,(H,30,34)/t21-/m0/s1. The van der Waals surface area contributed by atoms with Crippen LogP contribution in [0.25, 0.3) is 16.7 Å². The van der Waals surface area contributed by atoms with E-state index >= 15 is 0 Å². The predicted molar refractivity (Wildman–Crippen MR) is 139 cm³/mol. The molecule has 0 spiro atoms. The molecule has 1 atom stereocenters. The minimum Gasteiger partial charge on any atom is -0.352 e. The van der Waals surface area contributed by atoms with Crippen LogP contribution in [-0.2, 0) is 6.54 Å². The molecule has 0 bridgehead atoms. The number of aromatic nitrogens is 3. The Morgan fingerprint density at radius 1 is 1.03 bits per heavy atom. The van der Waals surface area contributed by atoms with Crippen LogP contribution in [0.3, 0.4) is 0 Å². The second-order valence-electron chi connectivity index (χ2n) is 9.55. The highest BCUT2D eigenvalue weighted by molar-refractivity contribution is 5.94. The van der Waals surface area contributed by atoms with Gasteiger partial charge < -0.3 is 14.6 Å². The summed E-state index contributed by atoms with van der Waals surface area (Å²) in [6, 6.07) is 15.5. The normalized spacial score (nSPS) is 15.8. The van der Waals surface area contributed by atoms with Crippen LogP contribution in [0, 0.1) is 0 Å². The minimum atomic E-state index is -0.0986. The second-order valence-corrected chi connectivity index (χ2v) is 9.55. The van der Waals surface area contributed by atoms with E-state index in [-0.39, 0.29) is 11.5 Å². The van der Waals surface area contributed by atoms with Crippen molar-refractivity contribution in [2.24, 2.45) is 0 Å². The zero-order valence-electron chi connectivity index (χ0n) is 20.3. The first-order valence-electron chi connectivity index (χ1n) is 12.7. The zero-order chi connectivity index (χ0) is 24.2. The van der Waals surface area contributed by atoms with Crippen LogP contribution < -0.4 is 10.9 Å². The van der Waals surface area contributed by atoms with Gasteiger partial charge in [-0.1, -0.05) is 25.0 Å². The van der Waals surface area contributed by atoms with Crippen molar-refractivity contribution in [3.63, 3.8) is 0 Å². The molecule has 1 saturated heterocycles. The topological polar surface area (TPSA) is 71.6 Å². The number of likely N-dealkylation sites (tertiary alicyclic amines) is 1. The van der Waals surface area contributed by atoms with E-state index in [1.165, 1.54) is 25.7 Å². The number of carbonyl (C=O) groups excluding carboxylic acids is 1. The first-order chi connectivity index (χ1) is 17.1. The van der Waals surface area contributed by atoms with Gasteiger partial charge in [0.2, 0.25) is 0 Å². The van der Waals surface area contributed by atoms with Gasteiger partial charge in [-0.3, -0.25) is 14.2 Å². The number of benzene rings is 1. The van der Waals surface area contributed by atoms with Crippen LogP contribution in [0.4, 0.5) is 0 Å². The lowest BCUT2D eigenvalue weighted by Crippen LogP contribution is -2.37. The zero-order valence-corrected chi connectivity index (χ0v) is 20.3. The Bertz CT molecular complexity index is 1380. The number of nitrogens with one attached hydrogen (secondary N) is 1. The van der Waals surface area contributed by atoms with E-state index in [2.05, 4.69) is 22.1 Å². The highest BCUT2D eigenvalue weighted by Crippen LogP contribution is 2.16. The molecule has 182 valence electrons. The summed E-state index contributed by atoms with van der Waals surface area (Å²) in [5.74, 6) is -0.0766. The van der Waals surface area contributed by atoms with Gasteiger partial charge in [0.05, 0.1) is 12.1 Å². The van der Waals surface area contributed by atoms with E-state index in [1.807, 2.05) is 59.1 Å². The van der Waals surface area contributed by atoms with Crippen molar-refractivity contribution < 1.29 is 4.79 Å². The summed E-state index contributed by atoms with van der Waals surface area (Å²) in [5, 5.41) is 3.09. The summed E-state index contributed by atoms with van der Waals surface area (Å²) >= 11 is 0. The van der Waals surface area contributed by atoms with Crippen molar-refractivity contribution in [2.75, 3.05) is 19.6 Å². The smallest absolute Gasteiger partial charge is 0.276 e. The van der Waals surface area contributed by atoms with Gasteiger partial charge >= 0.3 is 0 Å². The predicted octanol–water partition coefficient (Wildman–Crippen LogP) is 4.08. The average Bonchev–Trinajstić information content (AvgIpc) is 3.22. The van der Waals surface area contributed by atoms with Crippen LogP contribution in [0.1, 0.15) is 54.9 Å². The fourth-order valence-electron chi connectivity index (χ4n) is 5.14. The van der Waals surface area contributed by atoms with Gasteiger partial charge in [-0.05, 0) is 81.2 Å². The number of hydrogen-bond acceptors (Lipinski definition) is 4. The summed E-state index contributed by atoms with van der Waals surface area (Å²) in [4.78, 5) is 33.1. The number of pyridine rings is 1. The van der Waals surface area contributed by atoms with Crippen molar-refractivity contribution in [3.8, 4) is 0 Å². The van der Waals surface area contributed by atoms with E-state index in [0.29, 0.717) is 35.9 Å². The van der Waals surface area contributed by atoms with Gasteiger partial charge in [-0.15, -0.1) is 0 Å². The number of amides is 1. The molecule has 7 heteroatoms. The van der Waals surface area contributed by atoms with Gasteiger partial charge in [0.1, 0.15) is 5.52 Å². The molecule has 1 fully saturated rings. The fourth-order valence-corrected chi connectivity index (χ4v) is 5.14. The molecule has 5 rings (SSSR count). The van der Waals surface area contributed by atoms with Crippen molar-refractivity contribution in [1.82, 2.24) is 24.2 Å². The van der Waals surface area contributed by atoms with Crippen molar-refractivity contribution in [1.29, 1.82) is 0 Å². The van der Waals surface area contributed by atoms with E-state index < -0.39 is 0 Å². The Balaban J connectivity index is 1.29. The first-order valence-corrected chi connectivity index (χ1v) is 12.7. The van der Waals surface area contributed by atoms with Crippen molar-refractivity contribution in [2.45, 2.75) is 51.6 Å². The number of fused-ring (bicyclic) bond motifs is 3. The Kier molecular flexibility index (Phi) is 6.95. The lowest BCUT2D eigenvalue weighted by atomic mass is 10.1. The van der Waals surface area contributed by atoms with E-state index in [4.69, 9.17) is 0 Å². The lowest BCUT2D eigenvalue weighted by Gasteiger charge is -2.27. The van der Waals surface area contributed by atoms with Gasteiger partial charge in [-0.25, -0.2) is 4.98 Å². The van der Waals surface area contributed by atoms with Crippen LogP contribution in [-0.4, -0.2) is 50.4 Å². The monoisotopic (exact) mass is 471 g/mol. The van der Waals surface area contributed by atoms with E-state index in [9.17, 15) is 9.59 Å². The van der Waals surface area contributed by atoms with Crippen LogP contribution >= 0.6 is 0 Å². The van der Waals surface area contributed by atoms with Crippen LogP contribution in [0.5, 0.6) is 0 Å². The van der Waals surface area contributed by atoms with Crippen LogP contribution in [0.2, 0.25) is 0 Å². The molecule has 0 radical (unpaired) electrons. The molecule has 0 aliphatic carbocycles. The van der Waals surface area contributed by atoms with Gasteiger partial charge in [0.25, 0.3) is 11.5 Å². The lowest BCUT2D eigenvalue weighted by molar-refractivity contribution is 0.0948. The van der Waals surface area contributed by atoms with Crippen molar-refractivity contribution >= 4 is 22.6 Å². The maximum absolute atomic E-state index is 13.2. The Hall–Kier alpha value is -3.45. The van der Waals surface area contributed by atoms with Gasteiger partial charge in [-0.2, -0.15) is 0 Å². The summed E-state index contributed by atoms with van der Waals surface area (Å²) in [6.07, 6.45) is 9.72. The molecule has 1 aromatic carbocycles. The molecule has 7 nitrogen and oxygen atoms in total. The number of nitrogens with zero attached hydrogens (tertiary/aromatic N) is 4. The third-order valence-electron chi connectivity index (χ3n) is 7.14. The third-order valence-corrected chi connectivity index (χ3v) is 7.14. The third kappa shape index (κ3) is 5.00. The molecule has 0 saturated carbocycles. The molecular weight excluding hydrogens is 438 g/mol. The van der Waals surface area contributed by atoms with Gasteiger partial charge in [0.15, 0.2) is 5.65 Å². The van der Waals surface area contributed by atoms with Crippen molar-refractivity contribution in [3.05, 3.63) is 82.4 Å². The molecule has 35 heavy (non-hydrogen) atoms. The molecule has 1 amide bonds. The summed E-state index contributed by atoms with van der Waals surface area (Å²) < 4.78 is 3.56. The second kappa shape index (κ2) is 10.4. The number of rotatable bonds is 7. The Labute approximate surface area is 205 Å². The van der Waals surface area contributed by atoms with Crippen LogP contribution in [0.15, 0.2) is 65.7 Å². The molecule has 4 aromatic rings. The number of carbonyl (C=O) groups is 1. The fraction of sp³-hybridized carbons (Fsp3) is 0.393. The maximum Gasteiger partial charge on any atom is 0.276 e. The quantitative estimate of drug-likeness (QED) is 0.441. The summed E-state index contributed by atoms with van der Waals surface area (Å²) in [5.41, 5.74) is 3.51. The molecule has 1 aliphatic rings. The van der Waals surface area contributed by atoms with E-state index in [0.717, 1.165) is 30.6 Å². The Morgan fingerprint density at radius 3 is 2.66 bits per heavy atom.